The van der Waals surface area contributed by atoms with Crippen molar-refractivity contribution in [3.8, 4) is 0 Å². The highest BCUT2D eigenvalue weighted by molar-refractivity contribution is 5.12. The van der Waals surface area contributed by atoms with E-state index in [-0.39, 0.29) is 17.6 Å². The highest BCUT2D eigenvalue weighted by Crippen LogP contribution is 2.19. The van der Waals surface area contributed by atoms with Crippen molar-refractivity contribution in [3.63, 3.8) is 0 Å². The molecule has 1 aromatic heterocycles. The molecule has 0 aliphatic heterocycles. The fraction of sp³-hybridized carbons (Fsp3) is 0.615. The summed E-state index contributed by atoms with van der Waals surface area (Å²) < 4.78 is 0. The third-order valence-electron chi connectivity index (χ3n) is 2.80. The molecule has 3 nitrogen and oxygen atoms in total. The smallest absolute Gasteiger partial charge is 0.0712 e. The number of hydrogen-bond acceptors (Lipinski definition) is 3. The number of rotatable bonds is 4. The molecule has 2 unspecified atom stereocenters. The van der Waals surface area contributed by atoms with Crippen molar-refractivity contribution in [1.29, 1.82) is 0 Å². The zero-order valence-corrected chi connectivity index (χ0v) is 10.6. The zero-order valence-electron chi connectivity index (χ0n) is 10.6. The number of aliphatic hydroxyl groups is 1. The van der Waals surface area contributed by atoms with Gasteiger partial charge in [0.1, 0.15) is 0 Å². The van der Waals surface area contributed by atoms with E-state index in [0.717, 1.165) is 5.56 Å². The van der Waals surface area contributed by atoms with E-state index in [4.69, 9.17) is 0 Å². The number of aliphatic hydroxyl groups excluding tert-OH is 1. The van der Waals surface area contributed by atoms with E-state index in [0.29, 0.717) is 6.54 Å². The van der Waals surface area contributed by atoms with Gasteiger partial charge in [0.05, 0.1) is 6.10 Å². The molecule has 0 aromatic carbocycles. The van der Waals surface area contributed by atoms with E-state index in [1.807, 2.05) is 39.1 Å². The van der Waals surface area contributed by atoms with Crippen LogP contribution in [0.1, 0.15) is 39.3 Å². The van der Waals surface area contributed by atoms with Gasteiger partial charge in [-0.1, -0.05) is 26.8 Å². The highest BCUT2D eigenvalue weighted by atomic mass is 16.3. The third kappa shape index (κ3) is 3.91. The Kier molecular flexibility index (Phi) is 4.44. The first-order valence-corrected chi connectivity index (χ1v) is 5.72. The molecule has 0 aliphatic rings. The van der Waals surface area contributed by atoms with Crippen LogP contribution in [0.2, 0.25) is 0 Å². The molecule has 0 fully saturated rings. The van der Waals surface area contributed by atoms with Crippen molar-refractivity contribution in [2.24, 2.45) is 5.41 Å². The Hall–Kier alpha value is -0.930. The Morgan fingerprint density at radius 1 is 1.44 bits per heavy atom. The normalized spacial score (nSPS) is 15.8. The second-order valence-corrected chi connectivity index (χ2v) is 5.30. The summed E-state index contributed by atoms with van der Waals surface area (Å²) >= 11 is 0. The predicted molar refractivity (Wildman–Crippen MR) is 66.1 cm³/mol. The van der Waals surface area contributed by atoms with Crippen LogP contribution >= 0.6 is 0 Å². The van der Waals surface area contributed by atoms with Gasteiger partial charge < -0.3 is 10.4 Å². The molecular formula is C13H22N2O. The SMILES string of the molecule is CC(NCC(O)C(C)(C)C)c1cccnc1. The average molecular weight is 222 g/mol. The minimum atomic E-state index is -0.341. The largest absolute Gasteiger partial charge is 0.391 e. The average Bonchev–Trinajstić information content (AvgIpc) is 2.25. The zero-order chi connectivity index (χ0) is 12.2. The predicted octanol–water partition coefficient (Wildman–Crippen LogP) is 2.14. The van der Waals surface area contributed by atoms with Crippen molar-refractivity contribution < 1.29 is 5.11 Å². The number of pyridine rings is 1. The van der Waals surface area contributed by atoms with Gasteiger partial charge in [-0.25, -0.2) is 0 Å². The van der Waals surface area contributed by atoms with Crippen molar-refractivity contribution in [2.75, 3.05) is 6.54 Å². The lowest BCUT2D eigenvalue weighted by molar-refractivity contribution is 0.0609. The monoisotopic (exact) mass is 222 g/mol. The molecule has 0 radical (unpaired) electrons. The van der Waals surface area contributed by atoms with Gasteiger partial charge in [-0.2, -0.15) is 0 Å². The summed E-state index contributed by atoms with van der Waals surface area (Å²) in [7, 11) is 0. The lowest BCUT2D eigenvalue weighted by Crippen LogP contribution is -2.37. The molecular weight excluding hydrogens is 200 g/mol. The maximum atomic E-state index is 9.90. The van der Waals surface area contributed by atoms with E-state index in [1.165, 1.54) is 0 Å². The van der Waals surface area contributed by atoms with Crippen molar-refractivity contribution in [2.45, 2.75) is 39.8 Å². The van der Waals surface area contributed by atoms with Gasteiger partial charge in [-0.15, -0.1) is 0 Å². The molecule has 0 spiro atoms. The van der Waals surface area contributed by atoms with Crippen molar-refractivity contribution in [1.82, 2.24) is 10.3 Å². The summed E-state index contributed by atoms with van der Waals surface area (Å²) in [5.74, 6) is 0. The number of aromatic nitrogens is 1. The molecule has 2 N–H and O–H groups in total. The van der Waals surface area contributed by atoms with Crippen LogP contribution in [0.25, 0.3) is 0 Å². The second kappa shape index (κ2) is 5.41. The Morgan fingerprint density at radius 3 is 2.62 bits per heavy atom. The number of hydrogen-bond donors (Lipinski definition) is 2. The van der Waals surface area contributed by atoms with Crippen LogP contribution in [0.3, 0.4) is 0 Å². The first-order chi connectivity index (χ1) is 7.41. The minimum absolute atomic E-state index is 0.0817. The molecule has 1 rings (SSSR count). The van der Waals surface area contributed by atoms with Crippen LogP contribution in [0.5, 0.6) is 0 Å². The standard InChI is InChI=1S/C13H22N2O/c1-10(11-6-5-7-14-8-11)15-9-12(16)13(2,3)4/h5-8,10,12,15-16H,9H2,1-4H3. The number of nitrogens with one attached hydrogen (secondary N) is 1. The molecule has 0 amide bonds. The van der Waals surface area contributed by atoms with E-state index in [9.17, 15) is 5.11 Å². The Balaban J connectivity index is 2.45. The Labute approximate surface area is 97.9 Å². The van der Waals surface area contributed by atoms with Gasteiger partial charge in [0.25, 0.3) is 0 Å². The van der Waals surface area contributed by atoms with E-state index >= 15 is 0 Å². The summed E-state index contributed by atoms with van der Waals surface area (Å²) in [6.07, 6.45) is 3.27. The first kappa shape index (κ1) is 13.1. The molecule has 1 aromatic rings. The van der Waals surface area contributed by atoms with Crippen LogP contribution in [0.15, 0.2) is 24.5 Å². The maximum absolute atomic E-state index is 9.90. The van der Waals surface area contributed by atoms with E-state index in [2.05, 4.69) is 17.2 Å². The Morgan fingerprint density at radius 2 is 2.12 bits per heavy atom. The summed E-state index contributed by atoms with van der Waals surface area (Å²) in [4.78, 5) is 4.08. The Bertz CT molecular complexity index is 305. The molecule has 16 heavy (non-hydrogen) atoms. The van der Waals surface area contributed by atoms with Gasteiger partial charge in [0.15, 0.2) is 0 Å². The molecule has 0 bridgehead atoms. The summed E-state index contributed by atoms with van der Waals surface area (Å²) in [6.45, 7) is 8.78. The van der Waals surface area contributed by atoms with Gasteiger partial charge in [0.2, 0.25) is 0 Å². The van der Waals surface area contributed by atoms with E-state index < -0.39 is 0 Å². The fourth-order valence-corrected chi connectivity index (χ4v) is 1.34. The van der Waals surface area contributed by atoms with Crippen molar-refractivity contribution in [3.05, 3.63) is 30.1 Å². The van der Waals surface area contributed by atoms with Gasteiger partial charge in [-0.05, 0) is 24.0 Å². The molecule has 0 saturated carbocycles. The van der Waals surface area contributed by atoms with Crippen molar-refractivity contribution >= 4 is 0 Å². The topological polar surface area (TPSA) is 45.1 Å². The fourth-order valence-electron chi connectivity index (χ4n) is 1.34. The van der Waals surface area contributed by atoms with Gasteiger partial charge in [-0.3, -0.25) is 4.98 Å². The maximum Gasteiger partial charge on any atom is 0.0712 e. The van der Waals surface area contributed by atoms with Crippen LogP contribution in [-0.2, 0) is 0 Å². The summed E-state index contributed by atoms with van der Waals surface area (Å²) in [5, 5.41) is 13.2. The minimum Gasteiger partial charge on any atom is -0.391 e. The van der Waals surface area contributed by atoms with E-state index in [1.54, 1.807) is 6.20 Å². The second-order valence-electron chi connectivity index (χ2n) is 5.30. The molecule has 90 valence electrons. The number of nitrogens with zero attached hydrogens (tertiary/aromatic N) is 1. The lowest BCUT2D eigenvalue weighted by Gasteiger charge is -2.27. The van der Waals surface area contributed by atoms with Crippen LogP contribution in [0, 0.1) is 5.41 Å². The molecule has 0 saturated heterocycles. The van der Waals surface area contributed by atoms with Crippen LogP contribution in [-0.4, -0.2) is 22.7 Å². The lowest BCUT2D eigenvalue weighted by atomic mass is 9.89. The third-order valence-corrected chi connectivity index (χ3v) is 2.80. The summed E-state index contributed by atoms with van der Waals surface area (Å²) in [5.41, 5.74) is 1.06. The molecule has 2 atom stereocenters. The molecule has 3 heteroatoms. The van der Waals surface area contributed by atoms with Crippen LogP contribution < -0.4 is 5.32 Å². The molecule has 0 aliphatic carbocycles. The quantitative estimate of drug-likeness (QED) is 0.820. The van der Waals surface area contributed by atoms with Gasteiger partial charge >= 0.3 is 0 Å². The summed E-state index contributed by atoms with van der Waals surface area (Å²) in [6, 6.07) is 4.17. The first-order valence-electron chi connectivity index (χ1n) is 5.72. The van der Waals surface area contributed by atoms with Gasteiger partial charge in [0, 0.05) is 25.0 Å². The molecule has 1 heterocycles. The highest BCUT2D eigenvalue weighted by Gasteiger charge is 2.22. The van der Waals surface area contributed by atoms with Crippen LogP contribution in [0.4, 0.5) is 0 Å².